The van der Waals surface area contributed by atoms with E-state index < -0.39 is 0 Å². The van der Waals surface area contributed by atoms with E-state index in [1.165, 1.54) is 25.6 Å². The van der Waals surface area contributed by atoms with E-state index in [2.05, 4.69) is 15.3 Å². The largest absolute Gasteiger partial charge is 0.504 e. The number of halogens is 1. The van der Waals surface area contributed by atoms with Crippen LogP contribution in [0.1, 0.15) is 0 Å². The Balaban J connectivity index is 1.78. The van der Waals surface area contributed by atoms with Gasteiger partial charge in [0, 0.05) is 11.1 Å². The fourth-order valence-corrected chi connectivity index (χ4v) is 2.86. The topological polar surface area (TPSA) is 67.3 Å². The molecule has 4 aromatic rings. The Kier molecular flexibility index (Phi) is 4.30. The lowest BCUT2D eigenvalue weighted by Crippen LogP contribution is -1.96. The summed E-state index contributed by atoms with van der Waals surface area (Å²) in [6.45, 7) is 0. The Labute approximate surface area is 155 Å². The Hall–Kier alpha value is -3.67. The molecule has 0 amide bonds. The minimum absolute atomic E-state index is 0.0871. The molecule has 0 aliphatic heterocycles. The number of rotatable bonds is 4. The van der Waals surface area contributed by atoms with Crippen LogP contribution in [0, 0.1) is 5.82 Å². The first-order valence-electron chi connectivity index (χ1n) is 8.29. The summed E-state index contributed by atoms with van der Waals surface area (Å²) in [6, 6.07) is 17.1. The third-order valence-electron chi connectivity index (χ3n) is 4.26. The minimum Gasteiger partial charge on any atom is -0.504 e. The van der Waals surface area contributed by atoms with Gasteiger partial charge < -0.3 is 15.2 Å². The number of phenolic OH excluding ortho intramolecular Hbond substituents is 1. The molecule has 1 heterocycles. The molecule has 27 heavy (non-hydrogen) atoms. The first kappa shape index (κ1) is 16.8. The Morgan fingerprint density at radius 3 is 2.44 bits per heavy atom. The summed E-state index contributed by atoms with van der Waals surface area (Å²) in [5, 5.41) is 13.8. The number of anilines is 2. The van der Waals surface area contributed by atoms with Gasteiger partial charge in [-0.1, -0.05) is 12.1 Å². The van der Waals surface area contributed by atoms with Crippen LogP contribution in [0.25, 0.3) is 22.0 Å². The molecular weight excluding hydrogens is 345 g/mol. The zero-order valence-corrected chi connectivity index (χ0v) is 14.5. The van der Waals surface area contributed by atoms with Crippen LogP contribution in [0.5, 0.6) is 11.5 Å². The summed E-state index contributed by atoms with van der Waals surface area (Å²) in [7, 11) is 1.51. The monoisotopic (exact) mass is 361 g/mol. The van der Waals surface area contributed by atoms with Crippen molar-refractivity contribution in [1.29, 1.82) is 0 Å². The van der Waals surface area contributed by atoms with E-state index in [-0.39, 0.29) is 11.6 Å². The number of nitrogens with one attached hydrogen (secondary N) is 1. The van der Waals surface area contributed by atoms with Gasteiger partial charge in [-0.3, -0.25) is 0 Å². The van der Waals surface area contributed by atoms with Crippen LogP contribution >= 0.6 is 0 Å². The van der Waals surface area contributed by atoms with Crippen LogP contribution in [0.2, 0.25) is 0 Å². The molecule has 0 saturated carbocycles. The predicted molar refractivity (Wildman–Crippen MR) is 103 cm³/mol. The number of hydrogen-bond donors (Lipinski definition) is 2. The number of benzene rings is 3. The fraction of sp³-hybridized carbons (Fsp3) is 0.0476. The highest BCUT2D eigenvalue weighted by Crippen LogP contribution is 2.33. The molecule has 5 nitrogen and oxygen atoms in total. The maximum Gasteiger partial charge on any atom is 0.161 e. The van der Waals surface area contributed by atoms with Crippen molar-refractivity contribution in [3.8, 4) is 22.6 Å². The van der Waals surface area contributed by atoms with Crippen molar-refractivity contribution < 1.29 is 14.2 Å². The number of ether oxygens (including phenoxy) is 1. The lowest BCUT2D eigenvalue weighted by molar-refractivity contribution is 0.373. The zero-order valence-electron chi connectivity index (χ0n) is 14.5. The molecule has 0 aliphatic rings. The van der Waals surface area contributed by atoms with Gasteiger partial charge >= 0.3 is 0 Å². The van der Waals surface area contributed by atoms with Crippen LogP contribution in [0.4, 0.5) is 15.9 Å². The highest BCUT2D eigenvalue weighted by atomic mass is 19.1. The maximum absolute atomic E-state index is 13.1. The number of methoxy groups -OCH3 is 1. The second kappa shape index (κ2) is 6.92. The Morgan fingerprint density at radius 2 is 1.67 bits per heavy atom. The first-order chi connectivity index (χ1) is 13.1. The molecule has 0 unspecified atom stereocenters. The maximum atomic E-state index is 13.1. The van der Waals surface area contributed by atoms with Crippen molar-refractivity contribution in [3.63, 3.8) is 0 Å². The summed E-state index contributed by atoms with van der Waals surface area (Å²) >= 11 is 0. The van der Waals surface area contributed by atoms with Crippen molar-refractivity contribution in [2.75, 3.05) is 12.4 Å². The molecular formula is C21H16FN3O2. The fourth-order valence-electron chi connectivity index (χ4n) is 2.86. The van der Waals surface area contributed by atoms with Crippen LogP contribution < -0.4 is 10.1 Å². The van der Waals surface area contributed by atoms with Gasteiger partial charge in [-0.25, -0.2) is 14.4 Å². The lowest BCUT2D eigenvalue weighted by Gasteiger charge is -2.11. The summed E-state index contributed by atoms with van der Waals surface area (Å²) in [5.74, 6) is 0.821. The first-order valence-corrected chi connectivity index (χ1v) is 8.29. The third-order valence-corrected chi connectivity index (χ3v) is 4.26. The molecule has 134 valence electrons. The highest BCUT2D eigenvalue weighted by Gasteiger charge is 2.09. The van der Waals surface area contributed by atoms with Crippen molar-refractivity contribution in [1.82, 2.24) is 9.97 Å². The Morgan fingerprint density at radius 1 is 0.926 bits per heavy atom. The lowest BCUT2D eigenvalue weighted by atomic mass is 10.0. The van der Waals surface area contributed by atoms with Crippen molar-refractivity contribution >= 4 is 22.4 Å². The third kappa shape index (κ3) is 3.37. The van der Waals surface area contributed by atoms with Crippen LogP contribution in [-0.4, -0.2) is 22.2 Å². The van der Waals surface area contributed by atoms with Crippen molar-refractivity contribution in [2.45, 2.75) is 0 Å². The molecule has 1 aromatic heterocycles. The molecule has 0 spiro atoms. The van der Waals surface area contributed by atoms with E-state index in [1.54, 1.807) is 24.3 Å². The van der Waals surface area contributed by atoms with E-state index in [1.807, 2.05) is 24.3 Å². The summed E-state index contributed by atoms with van der Waals surface area (Å²) in [6.07, 6.45) is 1.48. The van der Waals surface area contributed by atoms with Crippen LogP contribution in [-0.2, 0) is 0 Å². The number of phenols is 1. The average molecular weight is 361 g/mol. The summed E-state index contributed by atoms with van der Waals surface area (Å²) < 4.78 is 18.3. The molecule has 4 rings (SSSR count). The van der Waals surface area contributed by atoms with Gasteiger partial charge in [0.1, 0.15) is 18.0 Å². The molecule has 0 bridgehead atoms. The van der Waals surface area contributed by atoms with Crippen LogP contribution in [0.15, 0.2) is 67.0 Å². The molecule has 3 aromatic carbocycles. The van der Waals surface area contributed by atoms with E-state index in [0.717, 1.165) is 27.7 Å². The quantitative estimate of drug-likeness (QED) is 0.541. The molecule has 0 saturated heterocycles. The molecule has 0 aliphatic carbocycles. The van der Waals surface area contributed by atoms with E-state index >= 15 is 0 Å². The molecule has 0 radical (unpaired) electrons. The van der Waals surface area contributed by atoms with E-state index in [9.17, 15) is 9.50 Å². The van der Waals surface area contributed by atoms with E-state index in [0.29, 0.717) is 11.6 Å². The average Bonchev–Trinajstić information content (AvgIpc) is 2.70. The van der Waals surface area contributed by atoms with Gasteiger partial charge in [0.2, 0.25) is 0 Å². The van der Waals surface area contributed by atoms with Crippen molar-refractivity contribution in [2.24, 2.45) is 0 Å². The molecule has 0 fully saturated rings. The van der Waals surface area contributed by atoms with Gasteiger partial charge in [-0.15, -0.1) is 0 Å². The van der Waals surface area contributed by atoms with E-state index in [4.69, 9.17) is 4.74 Å². The molecule has 2 N–H and O–H groups in total. The van der Waals surface area contributed by atoms with Crippen molar-refractivity contribution in [3.05, 3.63) is 72.8 Å². The highest BCUT2D eigenvalue weighted by molar-refractivity contribution is 5.94. The smallest absolute Gasteiger partial charge is 0.161 e. The molecule has 0 atom stereocenters. The number of nitrogens with zero attached hydrogens (tertiary/aromatic N) is 2. The van der Waals surface area contributed by atoms with Gasteiger partial charge in [-0.05, 0) is 59.7 Å². The van der Waals surface area contributed by atoms with Gasteiger partial charge in [0.15, 0.2) is 11.5 Å². The summed E-state index contributed by atoms with van der Waals surface area (Å²) in [4.78, 5) is 8.63. The zero-order chi connectivity index (χ0) is 18.8. The summed E-state index contributed by atoms with van der Waals surface area (Å²) in [5.41, 5.74) is 3.33. The number of aromatic hydroxyl groups is 1. The van der Waals surface area contributed by atoms with Gasteiger partial charge in [0.25, 0.3) is 0 Å². The number of aromatic nitrogens is 2. The second-order valence-electron chi connectivity index (χ2n) is 5.97. The number of fused-ring (bicyclic) bond motifs is 1. The van der Waals surface area contributed by atoms with Crippen LogP contribution in [0.3, 0.4) is 0 Å². The molecule has 6 heteroatoms. The van der Waals surface area contributed by atoms with Gasteiger partial charge in [-0.2, -0.15) is 0 Å². The predicted octanol–water partition coefficient (Wildman–Crippen LogP) is 4.89. The Bertz CT molecular complexity index is 1110. The van der Waals surface area contributed by atoms with Gasteiger partial charge in [0.05, 0.1) is 12.6 Å². The normalized spacial score (nSPS) is 10.7. The second-order valence-corrected chi connectivity index (χ2v) is 5.97. The minimum atomic E-state index is -0.295. The standard InChI is InChI=1S/C21H16FN3O2/c1-27-20-11-14(3-9-19(20)26)13-2-8-18-17(10-13)21(24-12-23-18)25-16-6-4-15(22)5-7-16/h2-12,26H,1H3,(H,23,24,25). The SMILES string of the molecule is COc1cc(-c2ccc3ncnc(Nc4ccc(F)cc4)c3c2)ccc1O. The number of hydrogen-bond acceptors (Lipinski definition) is 5.